The van der Waals surface area contributed by atoms with E-state index in [1.54, 1.807) is 30.5 Å². The Morgan fingerprint density at radius 1 is 1.15 bits per heavy atom. The van der Waals surface area contributed by atoms with E-state index in [9.17, 15) is 14.9 Å². The number of rotatable bonds is 3. The van der Waals surface area contributed by atoms with Gasteiger partial charge in [0.2, 0.25) is 0 Å². The van der Waals surface area contributed by atoms with Gasteiger partial charge in [0.1, 0.15) is 5.52 Å². The summed E-state index contributed by atoms with van der Waals surface area (Å²) >= 11 is 1.52. The summed E-state index contributed by atoms with van der Waals surface area (Å²) < 4.78 is 0. The van der Waals surface area contributed by atoms with Crippen LogP contribution in [0, 0.1) is 10.1 Å². The summed E-state index contributed by atoms with van der Waals surface area (Å²) in [5.74, 6) is 0.0600. The van der Waals surface area contributed by atoms with Crippen LogP contribution in [-0.4, -0.2) is 46.9 Å². The molecule has 0 atom stereocenters. The topological polar surface area (TPSA) is 79.6 Å². The first-order valence-corrected chi connectivity index (χ1v) is 9.68. The lowest BCUT2D eigenvalue weighted by molar-refractivity contribution is -0.383. The molecule has 3 aromatic rings. The molecule has 1 fully saturated rings. The Kier molecular flexibility index (Phi) is 4.72. The lowest BCUT2D eigenvalue weighted by atomic mass is 10.1. The van der Waals surface area contributed by atoms with Gasteiger partial charge < -0.3 is 9.80 Å². The second-order valence-electron chi connectivity index (χ2n) is 6.41. The quantitative estimate of drug-likeness (QED) is 0.511. The molecule has 0 aliphatic carbocycles. The zero-order valence-electron chi connectivity index (χ0n) is 14.6. The second kappa shape index (κ2) is 7.32. The summed E-state index contributed by atoms with van der Waals surface area (Å²) in [5.41, 5.74) is 2.30. The van der Waals surface area contributed by atoms with E-state index >= 15 is 0 Å². The zero-order chi connectivity index (χ0) is 18.8. The SMILES string of the molecule is O=C(c1ccsc1)N1CCCN(c2ccc([N+](=O)[O-])c3cccnc23)CC1. The van der Waals surface area contributed by atoms with Crippen LogP contribution in [0.3, 0.4) is 0 Å². The Hall–Kier alpha value is -3.00. The van der Waals surface area contributed by atoms with Gasteiger partial charge in [-0.2, -0.15) is 11.3 Å². The third kappa shape index (κ3) is 3.35. The standard InChI is InChI=1S/C19H18N4O3S/c24-19(14-6-12-27-13-14)22-9-2-8-21(10-11-22)17-5-4-16(23(25)26)15-3-1-7-20-18(15)17/h1,3-7,12-13H,2,8-11H2. The summed E-state index contributed by atoms with van der Waals surface area (Å²) in [6.45, 7) is 2.75. The van der Waals surface area contributed by atoms with Crippen LogP contribution in [0.2, 0.25) is 0 Å². The number of fused-ring (bicyclic) bond motifs is 1. The second-order valence-corrected chi connectivity index (χ2v) is 7.19. The fourth-order valence-corrected chi connectivity index (χ4v) is 4.12. The number of hydrogen-bond acceptors (Lipinski definition) is 6. The van der Waals surface area contributed by atoms with Crippen molar-refractivity contribution >= 4 is 39.5 Å². The number of amides is 1. The third-order valence-corrected chi connectivity index (χ3v) is 5.50. The van der Waals surface area contributed by atoms with Gasteiger partial charge in [-0.25, -0.2) is 0 Å². The van der Waals surface area contributed by atoms with E-state index in [1.807, 2.05) is 21.7 Å². The molecule has 1 aliphatic heterocycles. The van der Waals surface area contributed by atoms with Crippen LogP contribution in [0.15, 0.2) is 47.3 Å². The van der Waals surface area contributed by atoms with E-state index in [4.69, 9.17) is 0 Å². The molecule has 1 saturated heterocycles. The summed E-state index contributed by atoms with van der Waals surface area (Å²) in [7, 11) is 0. The molecule has 8 heteroatoms. The molecule has 1 aromatic carbocycles. The predicted octanol–water partition coefficient (Wildman–Crippen LogP) is 3.56. The molecule has 0 N–H and O–H groups in total. The lowest BCUT2D eigenvalue weighted by Gasteiger charge is -2.24. The number of pyridine rings is 1. The van der Waals surface area contributed by atoms with Crippen molar-refractivity contribution in [2.45, 2.75) is 6.42 Å². The highest BCUT2D eigenvalue weighted by atomic mass is 32.1. The first-order valence-electron chi connectivity index (χ1n) is 8.73. The van der Waals surface area contributed by atoms with Crippen LogP contribution in [0.4, 0.5) is 11.4 Å². The van der Waals surface area contributed by atoms with Gasteiger partial charge in [0.25, 0.3) is 11.6 Å². The van der Waals surface area contributed by atoms with Crippen molar-refractivity contribution in [3.63, 3.8) is 0 Å². The summed E-state index contributed by atoms with van der Waals surface area (Å²) in [4.78, 5) is 32.0. The predicted molar refractivity (Wildman–Crippen MR) is 105 cm³/mol. The van der Waals surface area contributed by atoms with Crippen molar-refractivity contribution in [3.8, 4) is 0 Å². The number of carbonyl (C=O) groups is 1. The number of anilines is 1. The first-order chi connectivity index (χ1) is 13.1. The van der Waals surface area contributed by atoms with Crippen molar-refractivity contribution < 1.29 is 9.72 Å². The van der Waals surface area contributed by atoms with Gasteiger partial charge in [0.15, 0.2) is 0 Å². The Morgan fingerprint density at radius 2 is 2.04 bits per heavy atom. The molecule has 1 amide bonds. The van der Waals surface area contributed by atoms with E-state index in [1.165, 1.54) is 11.3 Å². The smallest absolute Gasteiger partial charge is 0.278 e. The van der Waals surface area contributed by atoms with E-state index in [0.717, 1.165) is 24.2 Å². The molecular formula is C19H18N4O3S. The third-order valence-electron chi connectivity index (χ3n) is 4.81. The van der Waals surface area contributed by atoms with Crippen LogP contribution in [0.1, 0.15) is 16.8 Å². The number of nitrogens with zero attached hydrogens (tertiary/aromatic N) is 4. The molecule has 0 spiro atoms. The zero-order valence-corrected chi connectivity index (χ0v) is 15.4. The van der Waals surface area contributed by atoms with Crippen LogP contribution in [0.25, 0.3) is 10.9 Å². The molecule has 138 valence electrons. The monoisotopic (exact) mass is 382 g/mol. The average molecular weight is 382 g/mol. The van der Waals surface area contributed by atoms with Crippen LogP contribution < -0.4 is 4.90 Å². The molecule has 4 rings (SSSR count). The van der Waals surface area contributed by atoms with Crippen molar-refractivity contribution in [1.29, 1.82) is 0 Å². The largest absolute Gasteiger partial charge is 0.368 e. The summed E-state index contributed by atoms with van der Waals surface area (Å²) in [6.07, 6.45) is 2.49. The number of carbonyl (C=O) groups excluding carboxylic acids is 1. The maximum Gasteiger partial charge on any atom is 0.278 e. The Morgan fingerprint density at radius 3 is 2.81 bits per heavy atom. The number of benzene rings is 1. The molecule has 2 aromatic heterocycles. The van der Waals surface area contributed by atoms with Crippen LogP contribution >= 0.6 is 11.3 Å². The van der Waals surface area contributed by atoms with Gasteiger partial charge in [-0.05, 0) is 36.1 Å². The average Bonchev–Trinajstić information content (AvgIpc) is 3.11. The highest BCUT2D eigenvalue weighted by molar-refractivity contribution is 7.08. The minimum atomic E-state index is -0.378. The molecule has 0 bridgehead atoms. The Labute approximate surface area is 160 Å². The highest BCUT2D eigenvalue weighted by Crippen LogP contribution is 2.32. The molecule has 0 saturated carbocycles. The van der Waals surface area contributed by atoms with Gasteiger partial charge in [0, 0.05) is 43.8 Å². The molecular weight excluding hydrogens is 364 g/mol. The number of nitro benzene ring substituents is 1. The Bertz CT molecular complexity index is 990. The molecule has 1 aliphatic rings. The first kappa shape index (κ1) is 17.4. The maximum absolute atomic E-state index is 12.6. The van der Waals surface area contributed by atoms with Crippen molar-refractivity contribution in [2.24, 2.45) is 0 Å². The highest BCUT2D eigenvalue weighted by Gasteiger charge is 2.23. The summed E-state index contributed by atoms with van der Waals surface area (Å²) in [5, 5.41) is 15.6. The number of aromatic nitrogens is 1. The maximum atomic E-state index is 12.6. The molecule has 0 unspecified atom stereocenters. The number of thiophene rings is 1. The van der Waals surface area contributed by atoms with Gasteiger partial charge in [-0.3, -0.25) is 19.9 Å². The van der Waals surface area contributed by atoms with Crippen molar-refractivity contribution in [1.82, 2.24) is 9.88 Å². The van der Waals surface area contributed by atoms with E-state index in [-0.39, 0.29) is 16.5 Å². The molecule has 27 heavy (non-hydrogen) atoms. The van der Waals surface area contributed by atoms with Gasteiger partial charge in [-0.15, -0.1) is 0 Å². The molecule has 7 nitrogen and oxygen atoms in total. The minimum Gasteiger partial charge on any atom is -0.368 e. The van der Waals surface area contributed by atoms with E-state index in [2.05, 4.69) is 9.88 Å². The fraction of sp³-hybridized carbons (Fsp3) is 0.263. The van der Waals surface area contributed by atoms with E-state index < -0.39 is 0 Å². The summed E-state index contributed by atoms with van der Waals surface area (Å²) in [6, 6.07) is 8.60. The number of hydrogen-bond donors (Lipinski definition) is 0. The van der Waals surface area contributed by atoms with Crippen molar-refractivity contribution in [2.75, 3.05) is 31.1 Å². The van der Waals surface area contributed by atoms with Crippen LogP contribution in [0.5, 0.6) is 0 Å². The van der Waals surface area contributed by atoms with E-state index in [0.29, 0.717) is 30.5 Å². The van der Waals surface area contributed by atoms with Crippen LogP contribution in [-0.2, 0) is 0 Å². The normalized spacial score (nSPS) is 15.0. The number of nitro groups is 1. The van der Waals surface area contributed by atoms with Gasteiger partial charge in [0.05, 0.1) is 21.6 Å². The Balaban J connectivity index is 1.61. The lowest BCUT2D eigenvalue weighted by Crippen LogP contribution is -2.35. The minimum absolute atomic E-state index is 0.0600. The molecule has 0 radical (unpaired) electrons. The fourth-order valence-electron chi connectivity index (χ4n) is 3.49. The molecule has 3 heterocycles. The number of non-ortho nitro benzene ring substituents is 1. The van der Waals surface area contributed by atoms with Gasteiger partial charge >= 0.3 is 0 Å². The van der Waals surface area contributed by atoms with Gasteiger partial charge in [-0.1, -0.05) is 0 Å². The van der Waals surface area contributed by atoms with Crippen molar-refractivity contribution in [3.05, 3.63) is 63.0 Å².